The Morgan fingerprint density at radius 3 is 2.95 bits per heavy atom. The Morgan fingerprint density at radius 1 is 1.24 bits per heavy atom. The Hall–Kier alpha value is -2.01. The van der Waals surface area contributed by atoms with Crippen LogP contribution in [0.15, 0.2) is 35.3 Å². The van der Waals surface area contributed by atoms with Crippen molar-refractivity contribution in [3.05, 3.63) is 52.5 Å². The molecule has 2 aromatic heterocycles. The maximum absolute atomic E-state index is 12.9. The second kappa shape index (κ2) is 4.77. The van der Waals surface area contributed by atoms with Crippen molar-refractivity contribution in [1.82, 2.24) is 14.9 Å². The number of halogens is 1. The minimum Gasteiger partial charge on any atom is -0.316 e. The van der Waals surface area contributed by atoms with Crippen molar-refractivity contribution < 1.29 is 4.39 Å². The number of nitrogens with zero attached hydrogens (tertiary/aromatic N) is 2. The predicted octanol–water partition coefficient (Wildman–Crippen LogP) is 1.76. The van der Waals surface area contributed by atoms with Crippen molar-refractivity contribution in [3.63, 3.8) is 0 Å². The molecule has 2 bridgehead atoms. The molecule has 1 saturated heterocycles. The molecule has 2 atom stereocenters. The molecule has 4 heterocycles. The van der Waals surface area contributed by atoms with Crippen LogP contribution in [0.2, 0.25) is 0 Å². The summed E-state index contributed by atoms with van der Waals surface area (Å²) in [4.78, 5) is 16.4. The molecule has 5 heteroatoms. The van der Waals surface area contributed by atoms with Crippen LogP contribution in [0.1, 0.15) is 18.0 Å². The minimum absolute atomic E-state index is 0.0116. The molecule has 21 heavy (non-hydrogen) atoms. The molecule has 1 fully saturated rings. The lowest BCUT2D eigenvalue weighted by atomic mass is 9.84. The first kappa shape index (κ1) is 12.7. The van der Waals surface area contributed by atoms with Crippen LogP contribution in [0.5, 0.6) is 0 Å². The summed E-state index contributed by atoms with van der Waals surface area (Å²) in [6.45, 7) is 2.68. The van der Waals surface area contributed by atoms with Crippen LogP contribution in [0.4, 0.5) is 4.39 Å². The van der Waals surface area contributed by atoms with E-state index in [0.29, 0.717) is 23.0 Å². The van der Waals surface area contributed by atoms with Crippen LogP contribution < -0.4 is 10.9 Å². The summed E-state index contributed by atoms with van der Waals surface area (Å²) in [7, 11) is 0. The molecule has 4 rings (SSSR count). The first-order chi connectivity index (χ1) is 10.2. The van der Waals surface area contributed by atoms with Gasteiger partial charge in [-0.25, -0.2) is 4.98 Å². The van der Waals surface area contributed by atoms with Gasteiger partial charge in [0.05, 0.1) is 0 Å². The molecule has 0 unspecified atom stereocenters. The highest BCUT2D eigenvalue weighted by Gasteiger charge is 2.31. The molecule has 2 aromatic rings. The standard InChI is InChI=1S/C16H16FN3O/c17-15-4-1-11(8-19-15)13-2-3-14-12-5-10(6-18-7-12)9-20(14)16(13)21/h1-4,8,10,12,18H,5-7,9H2/t10-,12+/m1/s1/i17-1. The summed E-state index contributed by atoms with van der Waals surface area (Å²) in [5.41, 5.74) is 2.39. The Kier molecular flexibility index (Phi) is 2.89. The van der Waals surface area contributed by atoms with Crippen LogP contribution in [0, 0.1) is 11.9 Å². The average Bonchev–Trinajstić information content (AvgIpc) is 2.50. The molecule has 1 N–H and O–H groups in total. The molecule has 0 spiro atoms. The maximum atomic E-state index is 12.9. The molecule has 4 nitrogen and oxygen atoms in total. The SMILES string of the molecule is O=c1c(-c2ccc([18F])nc2)ccc2n1C[C@H]1CNC[C@@H]2C1. The van der Waals surface area contributed by atoms with Crippen LogP contribution in [0.3, 0.4) is 0 Å². The smallest absolute Gasteiger partial charge is 0.258 e. The molecule has 0 radical (unpaired) electrons. The van der Waals surface area contributed by atoms with Crippen LogP contribution in [-0.4, -0.2) is 22.6 Å². The molecular weight excluding hydrogens is 268 g/mol. The molecule has 0 aromatic carbocycles. The zero-order chi connectivity index (χ0) is 14.4. The van der Waals surface area contributed by atoms with Gasteiger partial charge in [-0.05, 0) is 43.1 Å². The summed E-state index contributed by atoms with van der Waals surface area (Å²) < 4.78 is 14.8. The van der Waals surface area contributed by atoms with Gasteiger partial charge in [0.25, 0.3) is 5.56 Å². The number of rotatable bonds is 1. The van der Waals surface area contributed by atoms with Crippen molar-refractivity contribution in [2.45, 2.75) is 18.9 Å². The topological polar surface area (TPSA) is 46.9 Å². The third kappa shape index (κ3) is 2.08. The van der Waals surface area contributed by atoms with E-state index in [-0.39, 0.29) is 5.56 Å². The lowest BCUT2D eigenvalue weighted by Crippen LogP contribution is -2.45. The van der Waals surface area contributed by atoms with Crippen molar-refractivity contribution in [3.8, 4) is 11.1 Å². The van der Waals surface area contributed by atoms with Gasteiger partial charge in [0.1, 0.15) is 0 Å². The fourth-order valence-electron chi connectivity index (χ4n) is 3.55. The maximum Gasteiger partial charge on any atom is 0.258 e. The first-order valence-corrected chi connectivity index (χ1v) is 7.29. The summed E-state index contributed by atoms with van der Waals surface area (Å²) in [5.74, 6) is 0.415. The van der Waals surface area contributed by atoms with Crippen molar-refractivity contribution >= 4 is 0 Å². The molecular formula is C16H16FN3O. The lowest BCUT2D eigenvalue weighted by molar-refractivity contribution is 0.257. The highest BCUT2D eigenvalue weighted by atomic mass is 18.2. The van der Waals surface area contributed by atoms with Crippen LogP contribution in [0.25, 0.3) is 11.1 Å². The fraction of sp³-hybridized carbons (Fsp3) is 0.375. The first-order valence-electron chi connectivity index (χ1n) is 7.29. The van der Waals surface area contributed by atoms with E-state index in [1.54, 1.807) is 6.07 Å². The Morgan fingerprint density at radius 2 is 2.14 bits per heavy atom. The quantitative estimate of drug-likeness (QED) is 0.812. The number of nitrogens with one attached hydrogen (secondary N) is 1. The fourth-order valence-corrected chi connectivity index (χ4v) is 3.55. The van der Waals surface area contributed by atoms with Gasteiger partial charge in [-0.2, -0.15) is 4.39 Å². The van der Waals surface area contributed by atoms with Gasteiger partial charge in [0.2, 0.25) is 5.95 Å². The lowest BCUT2D eigenvalue weighted by Gasteiger charge is -2.37. The summed E-state index contributed by atoms with van der Waals surface area (Å²) in [5, 5.41) is 3.43. The monoisotopic (exact) mass is 284 g/mol. The summed E-state index contributed by atoms with van der Waals surface area (Å²) in [6.07, 6.45) is 2.58. The summed E-state index contributed by atoms with van der Waals surface area (Å²) in [6, 6.07) is 6.78. The summed E-state index contributed by atoms with van der Waals surface area (Å²) >= 11 is 0. The average molecular weight is 284 g/mol. The zero-order valence-corrected chi connectivity index (χ0v) is 11.6. The molecule has 2 aliphatic rings. The van der Waals surface area contributed by atoms with Gasteiger partial charge in [0.15, 0.2) is 0 Å². The number of fused-ring (bicyclic) bond motifs is 4. The zero-order valence-electron chi connectivity index (χ0n) is 11.6. The van der Waals surface area contributed by atoms with Gasteiger partial charge in [0, 0.05) is 42.0 Å². The Bertz CT molecular complexity index is 738. The molecule has 2 aliphatic heterocycles. The van der Waals surface area contributed by atoms with E-state index in [2.05, 4.69) is 10.3 Å². The van der Waals surface area contributed by atoms with E-state index < -0.39 is 5.95 Å². The highest BCUT2D eigenvalue weighted by molar-refractivity contribution is 5.61. The largest absolute Gasteiger partial charge is 0.316 e. The third-order valence-electron chi connectivity index (χ3n) is 4.55. The van der Waals surface area contributed by atoms with Gasteiger partial charge in [-0.3, -0.25) is 4.79 Å². The number of piperidine rings is 1. The van der Waals surface area contributed by atoms with Crippen molar-refractivity contribution in [2.75, 3.05) is 13.1 Å². The minimum atomic E-state index is -0.530. The van der Waals surface area contributed by atoms with E-state index in [0.717, 1.165) is 31.7 Å². The van der Waals surface area contributed by atoms with Crippen molar-refractivity contribution in [1.29, 1.82) is 0 Å². The Balaban J connectivity index is 1.83. The molecule has 0 aliphatic carbocycles. The van der Waals surface area contributed by atoms with E-state index >= 15 is 0 Å². The number of hydrogen-bond donors (Lipinski definition) is 1. The second-order valence-electron chi connectivity index (χ2n) is 5.91. The van der Waals surface area contributed by atoms with Gasteiger partial charge in [-0.15, -0.1) is 0 Å². The van der Waals surface area contributed by atoms with E-state index in [1.165, 1.54) is 12.3 Å². The highest BCUT2D eigenvalue weighted by Crippen LogP contribution is 2.32. The van der Waals surface area contributed by atoms with E-state index in [9.17, 15) is 9.18 Å². The van der Waals surface area contributed by atoms with Gasteiger partial charge < -0.3 is 9.88 Å². The number of pyridine rings is 2. The normalized spacial score (nSPS) is 23.7. The van der Waals surface area contributed by atoms with Crippen LogP contribution >= 0.6 is 0 Å². The van der Waals surface area contributed by atoms with Crippen LogP contribution in [-0.2, 0) is 6.54 Å². The third-order valence-corrected chi connectivity index (χ3v) is 4.55. The Labute approximate surface area is 121 Å². The van der Waals surface area contributed by atoms with Gasteiger partial charge >= 0.3 is 0 Å². The second-order valence-corrected chi connectivity index (χ2v) is 5.91. The predicted molar refractivity (Wildman–Crippen MR) is 77.6 cm³/mol. The molecule has 0 saturated carbocycles. The number of aromatic nitrogens is 2. The van der Waals surface area contributed by atoms with E-state index in [4.69, 9.17) is 0 Å². The van der Waals surface area contributed by atoms with Crippen molar-refractivity contribution in [2.24, 2.45) is 5.92 Å². The number of hydrogen-bond acceptors (Lipinski definition) is 3. The van der Waals surface area contributed by atoms with E-state index in [1.807, 2.05) is 16.7 Å². The van der Waals surface area contributed by atoms with Gasteiger partial charge in [-0.1, -0.05) is 0 Å². The molecule has 108 valence electrons. The molecule has 0 amide bonds.